The van der Waals surface area contributed by atoms with Crippen molar-refractivity contribution in [2.24, 2.45) is 11.0 Å². The Hall–Kier alpha value is -2.72. The number of piperidine rings is 1. The lowest BCUT2D eigenvalue weighted by atomic mass is 9.77. The molecule has 31 heavy (non-hydrogen) atoms. The second-order valence-electron chi connectivity index (χ2n) is 9.15. The Morgan fingerprint density at radius 1 is 0.968 bits per heavy atom. The van der Waals surface area contributed by atoms with Gasteiger partial charge in [-0.2, -0.15) is 5.10 Å². The maximum atomic E-state index is 13.5. The molecule has 0 spiro atoms. The fourth-order valence-electron chi connectivity index (χ4n) is 5.46. The summed E-state index contributed by atoms with van der Waals surface area (Å²) in [5.41, 5.74) is 4.84. The van der Waals surface area contributed by atoms with E-state index in [1.165, 1.54) is 40.9 Å². The molecule has 160 valence electrons. The van der Waals surface area contributed by atoms with Crippen LogP contribution >= 0.6 is 0 Å². The predicted octanol–water partition coefficient (Wildman–Crippen LogP) is 3.88. The fraction of sp³-hybridized carbons (Fsp3) is 0.407. The van der Waals surface area contributed by atoms with Crippen LogP contribution < -0.4 is 4.90 Å². The number of hydrazone groups is 1. The zero-order valence-corrected chi connectivity index (χ0v) is 18.2. The number of carbonyl (C=O) groups is 1. The number of benzene rings is 2. The van der Waals surface area contributed by atoms with Crippen molar-refractivity contribution in [1.82, 2.24) is 5.01 Å². The van der Waals surface area contributed by atoms with Gasteiger partial charge in [-0.3, -0.25) is 4.79 Å². The number of allylic oxidation sites excluding steroid dienone is 1. The van der Waals surface area contributed by atoms with Crippen LogP contribution in [-0.2, 0) is 4.79 Å². The quantitative estimate of drug-likeness (QED) is 0.810. The molecule has 1 saturated carbocycles. The summed E-state index contributed by atoms with van der Waals surface area (Å²) in [6.45, 7) is 2.77. The van der Waals surface area contributed by atoms with E-state index in [-0.39, 0.29) is 17.9 Å². The smallest absolute Gasteiger partial charge is 0.298 e. The van der Waals surface area contributed by atoms with Gasteiger partial charge in [0.05, 0.1) is 24.8 Å². The van der Waals surface area contributed by atoms with E-state index in [1.807, 2.05) is 17.1 Å². The first-order valence-corrected chi connectivity index (χ1v) is 11.8. The van der Waals surface area contributed by atoms with E-state index in [2.05, 4.69) is 54.6 Å². The molecule has 3 aliphatic rings. The van der Waals surface area contributed by atoms with Gasteiger partial charge in [0.2, 0.25) is 0 Å². The van der Waals surface area contributed by atoms with E-state index < -0.39 is 0 Å². The largest absolute Gasteiger partial charge is 0.327 e. The number of nitrogens with one attached hydrogen (secondary N) is 1. The normalized spacial score (nSPS) is 25.4. The highest BCUT2D eigenvalue weighted by Gasteiger charge is 2.44. The monoisotopic (exact) mass is 414 g/mol. The van der Waals surface area contributed by atoms with Crippen LogP contribution in [0.5, 0.6) is 0 Å². The Labute approximate surface area is 185 Å². The first-order chi connectivity index (χ1) is 15.3. The lowest BCUT2D eigenvalue weighted by molar-refractivity contribution is -0.897. The standard InChI is InChI=1S/C27H31N3O/c31-25(20-29-17-8-3-9-18-29)30-27(22-13-6-2-7-14-22)24-16-10-15-23(26(24)28-30)19-21-11-4-1-5-12-21/h1-2,4-7,11-14,19,24,27H,3,8-10,15-18,20H2/p+1/b23-19+/t24-,27+/m0/s1. The van der Waals surface area contributed by atoms with Crippen LogP contribution in [0.15, 0.2) is 71.3 Å². The zero-order chi connectivity index (χ0) is 21.0. The molecule has 2 heterocycles. The van der Waals surface area contributed by atoms with E-state index in [1.54, 1.807) is 0 Å². The molecule has 2 aliphatic heterocycles. The number of likely N-dealkylation sites (tertiary alicyclic amines) is 1. The molecule has 4 heteroatoms. The number of rotatable bonds is 4. The van der Waals surface area contributed by atoms with Crippen molar-refractivity contribution in [3.05, 3.63) is 77.4 Å². The van der Waals surface area contributed by atoms with Gasteiger partial charge < -0.3 is 4.90 Å². The molecular weight excluding hydrogens is 382 g/mol. The van der Waals surface area contributed by atoms with E-state index in [4.69, 9.17) is 5.10 Å². The van der Waals surface area contributed by atoms with E-state index in [0.717, 1.165) is 38.1 Å². The highest BCUT2D eigenvalue weighted by molar-refractivity contribution is 6.08. The molecule has 2 fully saturated rings. The van der Waals surface area contributed by atoms with Gasteiger partial charge in [-0.05, 0) is 61.3 Å². The summed E-state index contributed by atoms with van der Waals surface area (Å²) in [5, 5.41) is 6.88. The summed E-state index contributed by atoms with van der Waals surface area (Å²) in [6, 6.07) is 21.0. The van der Waals surface area contributed by atoms with Gasteiger partial charge in [0, 0.05) is 5.92 Å². The molecule has 2 aromatic rings. The molecule has 0 unspecified atom stereocenters. The molecule has 0 bridgehead atoms. The minimum atomic E-state index is 0.0207. The molecule has 2 aromatic carbocycles. The van der Waals surface area contributed by atoms with Crippen molar-refractivity contribution in [2.45, 2.75) is 44.6 Å². The molecule has 0 radical (unpaired) electrons. The molecule has 4 nitrogen and oxygen atoms in total. The second-order valence-corrected chi connectivity index (χ2v) is 9.15. The van der Waals surface area contributed by atoms with Crippen molar-refractivity contribution in [1.29, 1.82) is 0 Å². The van der Waals surface area contributed by atoms with Crippen molar-refractivity contribution in [2.75, 3.05) is 19.6 Å². The van der Waals surface area contributed by atoms with Gasteiger partial charge in [-0.15, -0.1) is 0 Å². The third-order valence-corrected chi connectivity index (χ3v) is 7.00. The third-order valence-electron chi connectivity index (χ3n) is 7.00. The summed E-state index contributed by atoms with van der Waals surface area (Å²) in [7, 11) is 0. The average molecular weight is 415 g/mol. The fourth-order valence-corrected chi connectivity index (χ4v) is 5.46. The van der Waals surface area contributed by atoms with Gasteiger partial charge >= 0.3 is 0 Å². The Morgan fingerprint density at radius 2 is 1.68 bits per heavy atom. The van der Waals surface area contributed by atoms with Crippen LogP contribution in [0, 0.1) is 5.92 Å². The van der Waals surface area contributed by atoms with E-state index in [9.17, 15) is 4.79 Å². The van der Waals surface area contributed by atoms with Gasteiger partial charge in [0.25, 0.3) is 5.91 Å². The van der Waals surface area contributed by atoms with Gasteiger partial charge in [-0.1, -0.05) is 60.7 Å². The molecule has 0 aromatic heterocycles. The number of amides is 1. The molecule has 2 atom stereocenters. The van der Waals surface area contributed by atoms with E-state index in [0.29, 0.717) is 6.54 Å². The summed E-state index contributed by atoms with van der Waals surface area (Å²) in [6.07, 6.45) is 9.29. The molecule has 1 saturated heterocycles. The van der Waals surface area contributed by atoms with Crippen molar-refractivity contribution in [3.63, 3.8) is 0 Å². The van der Waals surface area contributed by atoms with Crippen LogP contribution in [0.2, 0.25) is 0 Å². The van der Waals surface area contributed by atoms with Crippen LogP contribution in [0.25, 0.3) is 6.08 Å². The van der Waals surface area contributed by atoms with E-state index >= 15 is 0 Å². The Bertz CT molecular complexity index is 960. The highest BCUT2D eigenvalue weighted by Crippen LogP contribution is 2.44. The summed E-state index contributed by atoms with van der Waals surface area (Å²) in [5.74, 6) is 0.457. The maximum Gasteiger partial charge on any atom is 0.298 e. The predicted molar refractivity (Wildman–Crippen MR) is 125 cm³/mol. The molecular formula is C27H32N3O+. The van der Waals surface area contributed by atoms with Crippen molar-refractivity contribution in [3.8, 4) is 0 Å². The summed E-state index contributed by atoms with van der Waals surface area (Å²) < 4.78 is 0. The van der Waals surface area contributed by atoms with Crippen molar-refractivity contribution >= 4 is 17.7 Å². The van der Waals surface area contributed by atoms with Crippen LogP contribution in [0.3, 0.4) is 0 Å². The number of carbonyl (C=O) groups excluding carboxylic acids is 1. The van der Waals surface area contributed by atoms with Gasteiger partial charge in [0.1, 0.15) is 0 Å². The van der Waals surface area contributed by atoms with Crippen LogP contribution in [0.1, 0.15) is 55.7 Å². The topological polar surface area (TPSA) is 37.1 Å². The van der Waals surface area contributed by atoms with Crippen LogP contribution in [0.4, 0.5) is 0 Å². The molecule has 1 N–H and O–H groups in total. The number of quaternary nitrogens is 1. The third kappa shape index (κ3) is 4.35. The number of fused-ring (bicyclic) bond motifs is 1. The lowest BCUT2D eigenvalue weighted by Crippen LogP contribution is -3.13. The first kappa shape index (κ1) is 20.2. The number of hydrogen-bond acceptors (Lipinski definition) is 2. The lowest BCUT2D eigenvalue weighted by Gasteiger charge is -2.30. The zero-order valence-electron chi connectivity index (χ0n) is 18.2. The Balaban J connectivity index is 1.47. The Morgan fingerprint density at radius 3 is 2.42 bits per heavy atom. The summed E-state index contributed by atoms with van der Waals surface area (Å²) in [4.78, 5) is 14.9. The maximum absolute atomic E-state index is 13.5. The van der Waals surface area contributed by atoms with Crippen LogP contribution in [-0.4, -0.2) is 36.3 Å². The molecule has 1 aliphatic carbocycles. The Kier molecular flexibility index (Phi) is 5.99. The minimum Gasteiger partial charge on any atom is -0.327 e. The number of hydrogen-bond donors (Lipinski definition) is 1. The molecule has 5 rings (SSSR count). The van der Waals surface area contributed by atoms with Gasteiger partial charge in [0.15, 0.2) is 6.54 Å². The average Bonchev–Trinajstić information content (AvgIpc) is 3.22. The second kappa shape index (κ2) is 9.19. The minimum absolute atomic E-state index is 0.0207. The van der Waals surface area contributed by atoms with Gasteiger partial charge in [-0.25, -0.2) is 5.01 Å². The highest BCUT2D eigenvalue weighted by atomic mass is 16.2. The molecule has 1 amide bonds. The first-order valence-electron chi connectivity index (χ1n) is 11.8. The summed E-state index contributed by atoms with van der Waals surface area (Å²) >= 11 is 0. The van der Waals surface area contributed by atoms with Crippen molar-refractivity contribution < 1.29 is 9.69 Å². The number of nitrogens with zero attached hydrogens (tertiary/aromatic N) is 2. The SMILES string of the molecule is O=C(C[NH+]1CCCCC1)N1N=C2/C(=C/c3ccccc3)CCC[C@@H]2[C@H]1c1ccccc1.